The lowest BCUT2D eigenvalue weighted by molar-refractivity contribution is 0.641. The Balaban J connectivity index is 2.39. The van der Waals surface area contributed by atoms with Gasteiger partial charge in [-0.15, -0.1) is 4.91 Å². The first-order valence-corrected chi connectivity index (χ1v) is 6.05. The van der Waals surface area contributed by atoms with Gasteiger partial charge in [0.25, 0.3) is 0 Å². The van der Waals surface area contributed by atoms with Gasteiger partial charge in [-0.3, -0.25) is 0 Å². The van der Waals surface area contributed by atoms with E-state index in [0.29, 0.717) is 5.69 Å². The molecule has 0 saturated heterocycles. The lowest BCUT2D eigenvalue weighted by Gasteiger charge is -2.26. The van der Waals surface area contributed by atoms with Crippen LogP contribution >= 0.6 is 0 Å². The summed E-state index contributed by atoms with van der Waals surface area (Å²) < 4.78 is 0. The van der Waals surface area contributed by atoms with Gasteiger partial charge in [0.05, 0.1) is 0 Å². The predicted octanol–water partition coefficient (Wildman–Crippen LogP) is 4.72. The molecule has 0 amide bonds. The number of rotatable bonds is 3. The van der Waals surface area contributed by atoms with Crippen LogP contribution in [0.2, 0.25) is 0 Å². The quantitative estimate of drug-likeness (QED) is 0.713. The highest BCUT2D eigenvalue weighted by atomic mass is 16.3. The Labute approximate surface area is 108 Å². The molecule has 0 unspecified atom stereocenters. The third kappa shape index (κ3) is 2.33. The molecule has 2 aromatic carbocycles. The highest BCUT2D eigenvalue weighted by Crippen LogP contribution is 2.32. The zero-order chi connectivity index (χ0) is 13.2. The molecule has 0 aliphatic heterocycles. The zero-order valence-electron chi connectivity index (χ0n) is 11.0. The fourth-order valence-corrected chi connectivity index (χ4v) is 2.08. The molecular weight excluding hydrogens is 222 g/mol. The van der Waals surface area contributed by atoms with Crippen molar-refractivity contribution >= 4 is 5.69 Å². The van der Waals surface area contributed by atoms with E-state index in [9.17, 15) is 4.91 Å². The fraction of sp³-hybridized carbons (Fsp3) is 0.250. The van der Waals surface area contributed by atoms with Crippen LogP contribution in [0.4, 0.5) is 5.69 Å². The van der Waals surface area contributed by atoms with Crippen LogP contribution in [-0.2, 0) is 5.41 Å². The van der Waals surface area contributed by atoms with Gasteiger partial charge in [0, 0.05) is 5.41 Å². The topological polar surface area (TPSA) is 29.4 Å². The summed E-state index contributed by atoms with van der Waals surface area (Å²) >= 11 is 0. The standard InChI is InChI=1S/C16H17NO/c1-12-4-6-13(7-5-12)16(2,3)14-8-10-15(17-18)11-9-14/h4-11H,1-3H3. The Morgan fingerprint density at radius 2 is 1.28 bits per heavy atom. The summed E-state index contributed by atoms with van der Waals surface area (Å²) in [5, 5.41) is 2.93. The molecule has 18 heavy (non-hydrogen) atoms. The fourth-order valence-electron chi connectivity index (χ4n) is 2.08. The van der Waals surface area contributed by atoms with E-state index in [2.05, 4.69) is 50.2 Å². The van der Waals surface area contributed by atoms with Crippen LogP contribution in [0.3, 0.4) is 0 Å². The van der Waals surface area contributed by atoms with E-state index in [0.717, 1.165) is 0 Å². The molecule has 0 fully saturated rings. The van der Waals surface area contributed by atoms with Crippen molar-refractivity contribution in [2.75, 3.05) is 0 Å². The maximum Gasteiger partial charge on any atom is 0.108 e. The third-order valence-electron chi connectivity index (χ3n) is 3.47. The van der Waals surface area contributed by atoms with E-state index in [1.54, 1.807) is 12.1 Å². The van der Waals surface area contributed by atoms with Crippen LogP contribution in [0.1, 0.15) is 30.5 Å². The highest BCUT2D eigenvalue weighted by Gasteiger charge is 2.22. The monoisotopic (exact) mass is 239 g/mol. The minimum atomic E-state index is -0.0743. The molecule has 2 nitrogen and oxygen atoms in total. The van der Waals surface area contributed by atoms with Crippen molar-refractivity contribution in [1.82, 2.24) is 0 Å². The van der Waals surface area contributed by atoms with Crippen molar-refractivity contribution in [1.29, 1.82) is 0 Å². The van der Waals surface area contributed by atoms with Crippen molar-refractivity contribution in [3.8, 4) is 0 Å². The highest BCUT2D eigenvalue weighted by molar-refractivity contribution is 5.44. The molecule has 2 rings (SSSR count). The van der Waals surface area contributed by atoms with E-state index in [-0.39, 0.29) is 5.41 Å². The van der Waals surface area contributed by atoms with Gasteiger partial charge in [0.2, 0.25) is 0 Å². The summed E-state index contributed by atoms with van der Waals surface area (Å²) in [4.78, 5) is 10.4. The molecule has 0 bridgehead atoms. The molecule has 0 heterocycles. The number of hydrogen-bond donors (Lipinski definition) is 0. The maximum atomic E-state index is 10.4. The summed E-state index contributed by atoms with van der Waals surface area (Å²) in [5.74, 6) is 0. The van der Waals surface area contributed by atoms with Crippen molar-refractivity contribution in [2.45, 2.75) is 26.2 Å². The first kappa shape index (κ1) is 12.5. The van der Waals surface area contributed by atoms with E-state index >= 15 is 0 Å². The van der Waals surface area contributed by atoms with Gasteiger partial charge >= 0.3 is 0 Å². The van der Waals surface area contributed by atoms with E-state index in [1.165, 1.54) is 16.7 Å². The Kier molecular flexibility index (Phi) is 3.28. The molecule has 0 saturated carbocycles. The first-order valence-electron chi connectivity index (χ1n) is 6.05. The number of hydrogen-bond acceptors (Lipinski definition) is 2. The van der Waals surface area contributed by atoms with Gasteiger partial charge in [0.15, 0.2) is 0 Å². The third-order valence-corrected chi connectivity index (χ3v) is 3.47. The van der Waals surface area contributed by atoms with Crippen LogP contribution < -0.4 is 0 Å². The normalized spacial score (nSPS) is 11.3. The molecule has 0 aliphatic rings. The van der Waals surface area contributed by atoms with Gasteiger partial charge in [-0.05, 0) is 35.4 Å². The Morgan fingerprint density at radius 3 is 1.72 bits per heavy atom. The minimum Gasteiger partial charge on any atom is -0.145 e. The molecule has 0 aliphatic carbocycles. The summed E-state index contributed by atoms with van der Waals surface area (Å²) in [6, 6.07) is 16.0. The Morgan fingerprint density at radius 1 is 0.833 bits per heavy atom. The van der Waals surface area contributed by atoms with E-state index in [4.69, 9.17) is 0 Å². The molecule has 0 spiro atoms. The Hall–Kier alpha value is -1.96. The van der Waals surface area contributed by atoms with Crippen molar-refractivity contribution in [2.24, 2.45) is 5.18 Å². The summed E-state index contributed by atoms with van der Waals surface area (Å²) in [5.41, 5.74) is 4.10. The predicted molar refractivity (Wildman–Crippen MR) is 75.2 cm³/mol. The van der Waals surface area contributed by atoms with Crippen LogP contribution in [0, 0.1) is 11.8 Å². The van der Waals surface area contributed by atoms with Crippen LogP contribution in [0.15, 0.2) is 53.7 Å². The summed E-state index contributed by atoms with van der Waals surface area (Å²) in [7, 11) is 0. The molecular formula is C16H17NO. The van der Waals surface area contributed by atoms with E-state index in [1.807, 2.05) is 12.1 Å². The van der Waals surface area contributed by atoms with Crippen molar-refractivity contribution < 1.29 is 0 Å². The second kappa shape index (κ2) is 4.73. The van der Waals surface area contributed by atoms with Gasteiger partial charge in [-0.1, -0.05) is 55.8 Å². The van der Waals surface area contributed by atoms with Crippen molar-refractivity contribution in [3.05, 3.63) is 70.1 Å². The maximum absolute atomic E-state index is 10.4. The van der Waals surface area contributed by atoms with Crippen LogP contribution in [0.5, 0.6) is 0 Å². The number of aryl methyl sites for hydroxylation is 1. The number of benzene rings is 2. The summed E-state index contributed by atoms with van der Waals surface area (Å²) in [6.45, 7) is 6.45. The minimum absolute atomic E-state index is 0.0743. The molecule has 0 aromatic heterocycles. The Bertz CT molecular complexity index is 538. The SMILES string of the molecule is Cc1ccc(C(C)(C)c2ccc(N=O)cc2)cc1. The molecule has 0 radical (unpaired) electrons. The van der Waals surface area contributed by atoms with E-state index < -0.39 is 0 Å². The van der Waals surface area contributed by atoms with Gasteiger partial charge in [0.1, 0.15) is 5.69 Å². The van der Waals surface area contributed by atoms with Crippen LogP contribution in [0.25, 0.3) is 0 Å². The smallest absolute Gasteiger partial charge is 0.108 e. The lowest BCUT2D eigenvalue weighted by atomic mass is 9.78. The molecule has 0 atom stereocenters. The second-order valence-electron chi connectivity index (χ2n) is 5.13. The second-order valence-corrected chi connectivity index (χ2v) is 5.13. The average molecular weight is 239 g/mol. The lowest BCUT2D eigenvalue weighted by Crippen LogP contribution is -2.18. The molecule has 0 N–H and O–H groups in total. The first-order chi connectivity index (χ1) is 8.54. The zero-order valence-corrected chi connectivity index (χ0v) is 11.0. The number of nitrogens with zero attached hydrogens (tertiary/aromatic N) is 1. The van der Waals surface area contributed by atoms with Gasteiger partial charge < -0.3 is 0 Å². The summed E-state index contributed by atoms with van der Waals surface area (Å²) in [6.07, 6.45) is 0. The van der Waals surface area contributed by atoms with Crippen molar-refractivity contribution in [3.63, 3.8) is 0 Å². The molecule has 2 heteroatoms. The van der Waals surface area contributed by atoms with Gasteiger partial charge in [-0.25, -0.2) is 0 Å². The molecule has 2 aromatic rings. The molecule has 92 valence electrons. The largest absolute Gasteiger partial charge is 0.145 e. The average Bonchev–Trinajstić information content (AvgIpc) is 2.39. The number of nitroso groups, excluding NO2 is 1. The van der Waals surface area contributed by atoms with Crippen LogP contribution in [-0.4, -0.2) is 0 Å². The van der Waals surface area contributed by atoms with Gasteiger partial charge in [-0.2, -0.15) is 0 Å².